The lowest BCUT2D eigenvalue weighted by atomic mass is 10.0. The molecule has 0 bridgehead atoms. The zero-order valence-corrected chi connectivity index (χ0v) is 9.98. The molecule has 2 aromatic rings. The molecule has 17 heavy (non-hydrogen) atoms. The maximum absolute atomic E-state index is 12.9. The van der Waals surface area contributed by atoms with Crippen LogP contribution in [0.1, 0.15) is 15.2 Å². The number of hydrogen-bond donors (Lipinski definition) is 2. The van der Waals surface area contributed by atoms with E-state index in [9.17, 15) is 9.18 Å². The summed E-state index contributed by atoms with van der Waals surface area (Å²) in [6.45, 7) is 1.85. The maximum atomic E-state index is 12.9. The van der Waals surface area contributed by atoms with Gasteiger partial charge in [-0.3, -0.25) is 4.79 Å². The molecule has 0 unspecified atom stereocenters. The molecule has 2 rings (SSSR count). The average Bonchev–Trinajstić information content (AvgIpc) is 2.55. The molecule has 1 aromatic heterocycles. The highest BCUT2D eigenvalue weighted by atomic mass is 32.1. The summed E-state index contributed by atoms with van der Waals surface area (Å²) in [7, 11) is 0. The summed E-state index contributed by atoms with van der Waals surface area (Å²) in [6.07, 6.45) is 0. The Morgan fingerprint density at radius 2 is 1.88 bits per heavy atom. The van der Waals surface area contributed by atoms with Crippen LogP contribution in [0.3, 0.4) is 0 Å². The number of nitrogen functional groups attached to an aromatic ring is 1. The standard InChI is InChI=1S/C12H11FN2OS/c1-6-9(7-2-4-8(13)5-3-7)10(11(14)16)12(15)17-6/h2-5H,15H2,1H3,(H2,14,16). The van der Waals surface area contributed by atoms with Gasteiger partial charge in [-0.25, -0.2) is 4.39 Å². The lowest BCUT2D eigenvalue weighted by Crippen LogP contribution is -2.13. The van der Waals surface area contributed by atoms with Crippen molar-refractivity contribution in [3.05, 3.63) is 40.5 Å². The molecule has 0 radical (unpaired) electrons. The minimum atomic E-state index is -0.564. The van der Waals surface area contributed by atoms with Crippen molar-refractivity contribution in [2.24, 2.45) is 5.73 Å². The van der Waals surface area contributed by atoms with Gasteiger partial charge in [-0.05, 0) is 24.6 Å². The monoisotopic (exact) mass is 250 g/mol. The number of carbonyl (C=O) groups is 1. The van der Waals surface area contributed by atoms with Crippen LogP contribution in [-0.4, -0.2) is 5.91 Å². The molecule has 5 heteroatoms. The third kappa shape index (κ3) is 2.01. The molecule has 0 atom stereocenters. The Bertz CT molecular complexity index is 575. The van der Waals surface area contributed by atoms with Crippen LogP contribution in [0.2, 0.25) is 0 Å². The van der Waals surface area contributed by atoms with Gasteiger partial charge in [0, 0.05) is 10.4 Å². The van der Waals surface area contributed by atoms with Crippen molar-refractivity contribution in [3.63, 3.8) is 0 Å². The Morgan fingerprint density at radius 1 is 1.29 bits per heavy atom. The normalized spacial score (nSPS) is 10.5. The summed E-state index contributed by atoms with van der Waals surface area (Å²) in [6, 6.07) is 5.90. The molecule has 0 saturated heterocycles. The van der Waals surface area contributed by atoms with Gasteiger partial charge in [0.2, 0.25) is 0 Å². The fourth-order valence-electron chi connectivity index (χ4n) is 1.78. The third-order valence-electron chi connectivity index (χ3n) is 2.49. The number of thiophene rings is 1. The Morgan fingerprint density at radius 3 is 2.41 bits per heavy atom. The van der Waals surface area contributed by atoms with E-state index < -0.39 is 5.91 Å². The Hall–Kier alpha value is -1.88. The van der Waals surface area contributed by atoms with Crippen molar-refractivity contribution in [2.45, 2.75) is 6.92 Å². The highest BCUT2D eigenvalue weighted by Gasteiger charge is 2.19. The zero-order chi connectivity index (χ0) is 12.6. The molecule has 0 aliphatic carbocycles. The minimum absolute atomic E-state index is 0.319. The minimum Gasteiger partial charge on any atom is -0.390 e. The Kier molecular flexibility index (Phi) is 2.85. The first-order chi connectivity index (χ1) is 8.00. The zero-order valence-electron chi connectivity index (χ0n) is 9.16. The van der Waals surface area contributed by atoms with Crippen molar-refractivity contribution in [1.29, 1.82) is 0 Å². The van der Waals surface area contributed by atoms with Gasteiger partial charge in [0.25, 0.3) is 5.91 Å². The van der Waals surface area contributed by atoms with E-state index in [4.69, 9.17) is 11.5 Å². The van der Waals surface area contributed by atoms with Crippen molar-refractivity contribution in [1.82, 2.24) is 0 Å². The third-order valence-corrected chi connectivity index (χ3v) is 3.43. The number of rotatable bonds is 2. The fourth-order valence-corrected chi connectivity index (χ4v) is 2.73. The molecular weight excluding hydrogens is 239 g/mol. The summed E-state index contributed by atoms with van der Waals surface area (Å²) in [5.74, 6) is -0.888. The molecular formula is C12H11FN2OS. The van der Waals surface area contributed by atoms with E-state index in [1.165, 1.54) is 23.5 Å². The van der Waals surface area contributed by atoms with Crippen LogP contribution >= 0.6 is 11.3 Å². The van der Waals surface area contributed by atoms with Crippen molar-refractivity contribution in [3.8, 4) is 11.1 Å². The van der Waals surface area contributed by atoms with Gasteiger partial charge in [-0.15, -0.1) is 11.3 Å². The summed E-state index contributed by atoms with van der Waals surface area (Å²) in [4.78, 5) is 12.3. The number of benzene rings is 1. The molecule has 1 amide bonds. The maximum Gasteiger partial charge on any atom is 0.252 e. The highest BCUT2D eigenvalue weighted by molar-refractivity contribution is 7.16. The predicted octanol–water partition coefficient (Wildman–Crippen LogP) is 2.54. The SMILES string of the molecule is Cc1sc(N)c(C(N)=O)c1-c1ccc(F)cc1. The fraction of sp³-hybridized carbons (Fsp3) is 0.0833. The topological polar surface area (TPSA) is 69.1 Å². The van der Waals surface area contributed by atoms with Gasteiger partial charge >= 0.3 is 0 Å². The smallest absolute Gasteiger partial charge is 0.252 e. The van der Waals surface area contributed by atoms with Crippen LogP contribution in [0.15, 0.2) is 24.3 Å². The van der Waals surface area contributed by atoms with Crippen molar-refractivity contribution < 1.29 is 9.18 Å². The van der Waals surface area contributed by atoms with Crippen LogP contribution in [0.25, 0.3) is 11.1 Å². The van der Waals surface area contributed by atoms with E-state index in [1.807, 2.05) is 6.92 Å². The summed E-state index contributed by atoms with van der Waals surface area (Å²) in [5, 5.41) is 0.398. The molecule has 3 nitrogen and oxygen atoms in total. The van der Waals surface area contributed by atoms with Gasteiger partial charge in [0.1, 0.15) is 5.82 Å². The van der Waals surface area contributed by atoms with Gasteiger partial charge in [0.05, 0.1) is 10.6 Å². The van der Waals surface area contributed by atoms with Crippen LogP contribution in [-0.2, 0) is 0 Å². The van der Waals surface area contributed by atoms with E-state index in [0.717, 1.165) is 10.4 Å². The van der Waals surface area contributed by atoms with E-state index in [0.29, 0.717) is 16.1 Å². The first-order valence-corrected chi connectivity index (χ1v) is 5.77. The average molecular weight is 250 g/mol. The molecule has 0 saturated carbocycles. The predicted molar refractivity (Wildman–Crippen MR) is 67.4 cm³/mol. The summed E-state index contributed by atoms with van der Waals surface area (Å²) < 4.78 is 12.9. The van der Waals surface area contributed by atoms with E-state index >= 15 is 0 Å². The largest absolute Gasteiger partial charge is 0.390 e. The first-order valence-electron chi connectivity index (χ1n) is 4.95. The lowest BCUT2D eigenvalue weighted by Gasteiger charge is -2.03. The van der Waals surface area contributed by atoms with E-state index in [-0.39, 0.29) is 5.82 Å². The van der Waals surface area contributed by atoms with Crippen LogP contribution in [0.5, 0.6) is 0 Å². The van der Waals surface area contributed by atoms with Gasteiger partial charge < -0.3 is 11.5 Å². The molecule has 4 N–H and O–H groups in total. The van der Waals surface area contributed by atoms with E-state index in [2.05, 4.69) is 0 Å². The summed E-state index contributed by atoms with van der Waals surface area (Å²) >= 11 is 1.31. The Balaban J connectivity index is 2.66. The molecule has 1 aromatic carbocycles. The van der Waals surface area contributed by atoms with Crippen molar-refractivity contribution >= 4 is 22.2 Å². The number of hydrogen-bond acceptors (Lipinski definition) is 3. The van der Waals surface area contributed by atoms with Crippen LogP contribution < -0.4 is 11.5 Å². The second kappa shape index (κ2) is 4.18. The number of halogens is 1. The molecule has 0 aliphatic heterocycles. The highest BCUT2D eigenvalue weighted by Crippen LogP contribution is 2.37. The second-order valence-corrected chi connectivity index (χ2v) is 4.90. The molecule has 1 heterocycles. The van der Waals surface area contributed by atoms with Crippen molar-refractivity contribution in [2.75, 3.05) is 5.73 Å². The van der Waals surface area contributed by atoms with Crippen LogP contribution in [0.4, 0.5) is 9.39 Å². The van der Waals surface area contributed by atoms with E-state index in [1.54, 1.807) is 12.1 Å². The first kappa shape index (κ1) is 11.6. The number of nitrogens with two attached hydrogens (primary N) is 2. The number of anilines is 1. The van der Waals surface area contributed by atoms with Crippen LogP contribution in [0, 0.1) is 12.7 Å². The number of carbonyl (C=O) groups excluding carboxylic acids is 1. The van der Waals surface area contributed by atoms with Gasteiger partial charge in [-0.1, -0.05) is 12.1 Å². The van der Waals surface area contributed by atoms with Gasteiger partial charge in [0.15, 0.2) is 0 Å². The second-order valence-electron chi connectivity index (χ2n) is 3.64. The number of aryl methyl sites for hydroxylation is 1. The molecule has 0 fully saturated rings. The van der Waals surface area contributed by atoms with Gasteiger partial charge in [-0.2, -0.15) is 0 Å². The molecule has 0 spiro atoms. The quantitative estimate of drug-likeness (QED) is 0.860. The Labute approximate surface area is 102 Å². The summed E-state index contributed by atoms with van der Waals surface area (Å²) in [5.41, 5.74) is 12.8. The lowest BCUT2D eigenvalue weighted by molar-refractivity contribution is 0.100. The number of amides is 1. The molecule has 0 aliphatic rings. The number of primary amides is 1. The molecule has 88 valence electrons.